The Balaban J connectivity index is 1.41. The van der Waals surface area contributed by atoms with Gasteiger partial charge in [-0.25, -0.2) is 0 Å². The maximum absolute atomic E-state index is 12.4. The van der Waals surface area contributed by atoms with E-state index in [1.54, 1.807) is 16.9 Å². The van der Waals surface area contributed by atoms with Gasteiger partial charge in [0.05, 0.1) is 5.69 Å². The van der Waals surface area contributed by atoms with Crippen molar-refractivity contribution in [2.24, 2.45) is 5.92 Å². The van der Waals surface area contributed by atoms with E-state index in [0.29, 0.717) is 23.8 Å². The molecule has 1 saturated carbocycles. The molecule has 1 N–H and O–H groups in total. The Labute approximate surface area is 174 Å². The van der Waals surface area contributed by atoms with Crippen molar-refractivity contribution in [1.29, 1.82) is 0 Å². The van der Waals surface area contributed by atoms with Crippen molar-refractivity contribution in [3.63, 3.8) is 0 Å². The number of pyridine rings is 1. The summed E-state index contributed by atoms with van der Waals surface area (Å²) in [5, 5.41) is 16.3. The molecule has 3 heterocycles. The van der Waals surface area contributed by atoms with E-state index in [1.165, 1.54) is 12.8 Å². The quantitative estimate of drug-likeness (QED) is 0.539. The van der Waals surface area contributed by atoms with Gasteiger partial charge < -0.3 is 5.32 Å². The molecule has 30 heavy (non-hydrogen) atoms. The summed E-state index contributed by atoms with van der Waals surface area (Å²) >= 11 is 0. The minimum atomic E-state index is 0.0845. The summed E-state index contributed by atoms with van der Waals surface area (Å²) < 4.78 is 1.73. The van der Waals surface area contributed by atoms with Crippen molar-refractivity contribution in [2.75, 3.05) is 5.32 Å². The molecule has 0 saturated heterocycles. The number of aromatic nitrogens is 5. The molecule has 0 radical (unpaired) electrons. The van der Waals surface area contributed by atoms with Gasteiger partial charge in [0.2, 0.25) is 5.91 Å². The van der Waals surface area contributed by atoms with Crippen LogP contribution in [0.5, 0.6) is 0 Å². The van der Waals surface area contributed by atoms with Crippen LogP contribution in [0.3, 0.4) is 0 Å². The van der Waals surface area contributed by atoms with Crippen molar-refractivity contribution in [2.45, 2.75) is 32.1 Å². The number of amides is 1. The van der Waals surface area contributed by atoms with Gasteiger partial charge in [-0.05, 0) is 55.2 Å². The van der Waals surface area contributed by atoms with Gasteiger partial charge in [0.15, 0.2) is 11.5 Å². The molecule has 1 amide bonds. The first-order chi connectivity index (χ1) is 14.8. The lowest BCUT2D eigenvalue weighted by Crippen LogP contribution is -2.15. The van der Waals surface area contributed by atoms with Crippen molar-refractivity contribution in [3.8, 4) is 22.6 Å². The Morgan fingerprint density at radius 2 is 1.83 bits per heavy atom. The highest BCUT2D eigenvalue weighted by Crippen LogP contribution is 2.28. The van der Waals surface area contributed by atoms with E-state index in [-0.39, 0.29) is 5.91 Å². The summed E-state index contributed by atoms with van der Waals surface area (Å²) in [7, 11) is 0. The summed E-state index contributed by atoms with van der Waals surface area (Å²) in [5.41, 5.74) is 4.06. The van der Waals surface area contributed by atoms with Crippen LogP contribution >= 0.6 is 0 Å². The number of carbonyl (C=O) groups excluding carboxylic acids is 1. The lowest BCUT2D eigenvalue weighted by molar-refractivity contribution is -0.117. The molecular formula is C23H22N6O. The number of nitrogens with one attached hydrogen (secondary N) is 1. The second kappa shape index (κ2) is 8.02. The van der Waals surface area contributed by atoms with E-state index in [2.05, 4.69) is 20.5 Å². The zero-order chi connectivity index (χ0) is 20.3. The van der Waals surface area contributed by atoms with Crippen LogP contribution in [-0.2, 0) is 4.79 Å². The van der Waals surface area contributed by atoms with E-state index in [1.807, 2.05) is 48.5 Å². The molecule has 0 unspecified atom stereocenters. The van der Waals surface area contributed by atoms with Crippen LogP contribution in [0.2, 0.25) is 0 Å². The molecule has 0 aliphatic heterocycles. The molecule has 1 fully saturated rings. The van der Waals surface area contributed by atoms with Crippen molar-refractivity contribution in [1.82, 2.24) is 24.8 Å². The highest BCUT2D eigenvalue weighted by atomic mass is 16.1. The number of hydrogen-bond donors (Lipinski definition) is 1. The number of carbonyl (C=O) groups is 1. The van der Waals surface area contributed by atoms with Gasteiger partial charge in [-0.15, -0.1) is 10.2 Å². The monoisotopic (exact) mass is 398 g/mol. The average Bonchev–Trinajstić information content (AvgIpc) is 3.43. The first-order valence-electron chi connectivity index (χ1n) is 10.3. The molecule has 0 atom stereocenters. The van der Waals surface area contributed by atoms with E-state index >= 15 is 0 Å². The summed E-state index contributed by atoms with van der Waals surface area (Å²) in [6.45, 7) is 0. The van der Waals surface area contributed by atoms with Crippen LogP contribution in [0, 0.1) is 5.92 Å². The van der Waals surface area contributed by atoms with Crippen LogP contribution in [0.15, 0.2) is 60.9 Å². The molecule has 7 heteroatoms. The molecule has 1 aromatic carbocycles. The largest absolute Gasteiger partial charge is 0.326 e. The fourth-order valence-electron chi connectivity index (χ4n) is 4.07. The molecule has 150 valence electrons. The zero-order valence-corrected chi connectivity index (χ0v) is 16.5. The molecule has 0 bridgehead atoms. The number of hydrogen-bond acceptors (Lipinski definition) is 5. The minimum Gasteiger partial charge on any atom is -0.326 e. The van der Waals surface area contributed by atoms with Crippen LogP contribution in [0.1, 0.15) is 32.1 Å². The third kappa shape index (κ3) is 3.78. The Morgan fingerprint density at radius 1 is 1.00 bits per heavy atom. The van der Waals surface area contributed by atoms with Crippen LogP contribution < -0.4 is 5.32 Å². The van der Waals surface area contributed by atoms with E-state index in [4.69, 9.17) is 5.10 Å². The smallest absolute Gasteiger partial charge is 0.224 e. The summed E-state index contributed by atoms with van der Waals surface area (Å²) in [6.07, 6.45) is 8.85. The van der Waals surface area contributed by atoms with Gasteiger partial charge >= 0.3 is 0 Å². The van der Waals surface area contributed by atoms with Gasteiger partial charge in [-0.3, -0.25) is 9.78 Å². The second-order valence-corrected chi connectivity index (χ2v) is 7.73. The van der Waals surface area contributed by atoms with Gasteiger partial charge in [0.25, 0.3) is 0 Å². The van der Waals surface area contributed by atoms with E-state index in [9.17, 15) is 4.79 Å². The third-order valence-corrected chi connectivity index (χ3v) is 5.59. The van der Waals surface area contributed by atoms with E-state index < -0.39 is 0 Å². The number of rotatable bonds is 5. The first-order valence-corrected chi connectivity index (χ1v) is 10.3. The first kappa shape index (κ1) is 18.4. The number of fused-ring (bicyclic) bond motifs is 1. The fraction of sp³-hybridized carbons (Fsp3) is 0.261. The molecule has 1 aliphatic carbocycles. The van der Waals surface area contributed by atoms with Gasteiger partial charge in [-0.1, -0.05) is 25.0 Å². The van der Waals surface area contributed by atoms with Crippen molar-refractivity contribution >= 4 is 17.2 Å². The summed E-state index contributed by atoms with van der Waals surface area (Å²) in [6, 6.07) is 15.4. The Kier molecular flexibility index (Phi) is 4.93. The van der Waals surface area contributed by atoms with E-state index in [0.717, 1.165) is 35.3 Å². The lowest BCUT2D eigenvalue weighted by Gasteiger charge is -2.10. The van der Waals surface area contributed by atoms with Crippen LogP contribution in [0.25, 0.3) is 28.3 Å². The van der Waals surface area contributed by atoms with Crippen LogP contribution in [0.4, 0.5) is 5.69 Å². The maximum atomic E-state index is 12.4. The predicted octanol–water partition coefficient (Wildman–Crippen LogP) is 4.37. The summed E-state index contributed by atoms with van der Waals surface area (Å²) in [4.78, 5) is 16.5. The SMILES string of the molecule is O=C(CC1CCCC1)Nc1cccc(-c2ccc3nnc(-c4ccncc4)n3n2)c1. The lowest BCUT2D eigenvalue weighted by atomic mass is 10.0. The Morgan fingerprint density at radius 3 is 2.67 bits per heavy atom. The second-order valence-electron chi connectivity index (χ2n) is 7.73. The molecule has 0 spiro atoms. The normalized spacial score (nSPS) is 14.3. The van der Waals surface area contributed by atoms with Gasteiger partial charge in [0, 0.05) is 35.6 Å². The minimum absolute atomic E-state index is 0.0845. The van der Waals surface area contributed by atoms with Crippen LogP contribution in [-0.4, -0.2) is 30.7 Å². The zero-order valence-electron chi connectivity index (χ0n) is 16.5. The maximum Gasteiger partial charge on any atom is 0.224 e. The Hall–Kier alpha value is -3.61. The highest BCUT2D eigenvalue weighted by Gasteiger charge is 2.18. The molecule has 7 nitrogen and oxygen atoms in total. The summed E-state index contributed by atoms with van der Waals surface area (Å²) in [5.74, 6) is 1.27. The molecular weight excluding hydrogens is 376 g/mol. The van der Waals surface area contributed by atoms with Crippen molar-refractivity contribution in [3.05, 3.63) is 60.9 Å². The molecule has 3 aromatic heterocycles. The van der Waals surface area contributed by atoms with Gasteiger partial charge in [0.1, 0.15) is 0 Å². The fourth-order valence-corrected chi connectivity index (χ4v) is 4.07. The number of benzene rings is 1. The third-order valence-electron chi connectivity index (χ3n) is 5.59. The standard InChI is InChI=1S/C23H22N6O/c30-22(14-16-4-1-2-5-16)25-19-7-3-6-18(15-19)20-8-9-21-26-27-23(29(21)28-20)17-10-12-24-13-11-17/h3,6-13,15-16H,1-2,4-5,14H2,(H,25,30). The number of anilines is 1. The highest BCUT2D eigenvalue weighted by molar-refractivity contribution is 5.91. The van der Waals surface area contributed by atoms with Crippen molar-refractivity contribution < 1.29 is 4.79 Å². The average molecular weight is 398 g/mol. The van der Waals surface area contributed by atoms with Gasteiger partial charge in [-0.2, -0.15) is 9.61 Å². The molecule has 1 aliphatic rings. The topological polar surface area (TPSA) is 85.1 Å². The molecule has 5 rings (SSSR count). The Bertz CT molecular complexity index is 1180. The predicted molar refractivity (Wildman–Crippen MR) is 115 cm³/mol. The number of nitrogens with zero attached hydrogens (tertiary/aromatic N) is 5. The molecule has 4 aromatic rings.